The van der Waals surface area contributed by atoms with Crippen molar-refractivity contribution in [2.75, 3.05) is 13.2 Å². The number of para-hydroxylation sites is 1. The first-order valence-corrected chi connectivity index (χ1v) is 6.11. The summed E-state index contributed by atoms with van der Waals surface area (Å²) in [7, 11) is 0. The van der Waals surface area contributed by atoms with Gasteiger partial charge in [0.05, 0.1) is 5.69 Å². The number of ether oxygens (including phenoxy) is 1. The second-order valence-electron chi connectivity index (χ2n) is 4.14. The molecule has 0 aliphatic heterocycles. The van der Waals surface area contributed by atoms with Crippen LogP contribution in [0.5, 0.6) is 5.75 Å². The molecule has 1 amide bonds. The van der Waals surface area contributed by atoms with Crippen LogP contribution in [0.2, 0.25) is 0 Å². The SMILES string of the molecule is Cc1cc(CCNC(=O)COc2ccccc2)on1. The lowest BCUT2D eigenvalue weighted by Crippen LogP contribution is -2.30. The van der Waals surface area contributed by atoms with E-state index in [9.17, 15) is 4.79 Å². The largest absolute Gasteiger partial charge is 0.484 e. The Bertz CT molecular complexity index is 522. The Morgan fingerprint density at radius 2 is 2.16 bits per heavy atom. The Hall–Kier alpha value is -2.30. The minimum absolute atomic E-state index is 0.0133. The smallest absolute Gasteiger partial charge is 0.257 e. The number of amides is 1. The molecule has 0 saturated carbocycles. The van der Waals surface area contributed by atoms with Gasteiger partial charge >= 0.3 is 0 Å². The van der Waals surface area contributed by atoms with Crippen molar-refractivity contribution < 1.29 is 14.1 Å². The van der Waals surface area contributed by atoms with Crippen molar-refractivity contribution in [3.05, 3.63) is 47.9 Å². The van der Waals surface area contributed by atoms with Crippen LogP contribution in [0.3, 0.4) is 0 Å². The number of benzene rings is 1. The summed E-state index contributed by atoms with van der Waals surface area (Å²) in [5, 5.41) is 6.54. The second kappa shape index (κ2) is 6.58. The summed E-state index contributed by atoms with van der Waals surface area (Å²) in [6.45, 7) is 2.38. The minimum Gasteiger partial charge on any atom is -0.484 e. The summed E-state index contributed by atoms with van der Waals surface area (Å²) in [6, 6.07) is 11.1. The van der Waals surface area contributed by atoms with Crippen molar-refractivity contribution in [1.82, 2.24) is 10.5 Å². The maximum Gasteiger partial charge on any atom is 0.257 e. The van der Waals surface area contributed by atoms with Crippen molar-refractivity contribution in [2.24, 2.45) is 0 Å². The molecule has 1 heterocycles. The number of nitrogens with zero attached hydrogens (tertiary/aromatic N) is 1. The number of aromatic nitrogens is 1. The minimum atomic E-state index is -0.153. The molecule has 5 heteroatoms. The lowest BCUT2D eigenvalue weighted by molar-refractivity contribution is -0.123. The molecule has 100 valence electrons. The fourth-order valence-electron chi connectivity index (χ4n) is 1.58. The van der Waals surface area contributed by atoms with Crippen LogP contribution in [-0.4, -0.2) is 24.2 Å². The van der Waals surface area contributed by atoms with Gasteiger partial charge in [-0.05, 0) is 19.1 Å². The molecule has 1 aromatic carbocycles. The van der Waals surface area contributed by atoms with Gasteiger partial charge in [0.15, 0.2) is 6.61 Å². The highest BCUT2D eigenvalue weighted by Crippen LogP contribution is 2.07. The molecule has 0 atom stereocenters. The van der Waals surface area contributed by atoms with Crippen molar-refractivity contribution in [2.45, 2.75) is 13.3 Å². The third kappa shape index (κ3) is 4.46. The normalized spacial score (nSPS) is 10.2. The number of carbonyl (C=O) groups is 1. The molecule has 0 saturated heterocycles. The first kappa shape index (κ1) is 13.1. The van der Waals surface area contributed by atoms with E-state index in [0.717, 1.165) is 11.5 Å². The van der Waals surface area contributed by atoms with Crippen molar-refractivity contribution in [1.29, 1.82) is 0 Å². The van der Waals surface area contributed by atoms with Gasteiger partial charge in [-0.25, -0.2) is 0 Å². The lowest BCUT2D eigenvalue weighted by atomic mass is 10.3. The van der Waals surface area contributed by atoms with Crippen molar-refractivity contribution in [3.63, 3.8) is 0 Å². The summed E-state index contributed by atoms with van der Waals surface area (Å²) >= 11 is 0. The van der Waals surface area contributed by atoms with E-state index in [1.54, 1.807) is 0 Å². The number of aryl methyl sites for hydroxylation is 1. The maximum absolute atomic E-state index is 11.5. The highest BCUT2D eigenvalue weighted by Gasteiger charge is 2.04. The van der Waals surface area contributed by atoms with E-state index >= 15 is 0 Å². The molecular weight excluding hydrogens is 244 g/mol. The average Bonchev–Trinajstić information content (AvgIpc) is 2.83. The van der Waals surface area contributed by atoms with Crippen LogP contribution in [-0.2, 0) is 11.2 Å². The molecular formula is C14H16N2O3. The predicted molar refractivity (Wildman–Crippen MR) is 69.9 cm³/mol. The molecule has 5 nitrogen and oxygen atoms in total. The van der Waals surface area contributed by atoms with Crippen LogP contribution >= 0.6 is 0 Å². The van der Waals surface area contributed by atoms with Crippen LogP contribution in [0, 0.1) is 6.92 Å². The zero-order chi connectivity index (χ0) is 13.5. The molecule has 0 aliphatic carbocycles. The first-order valence-electron chi connectivity index (χ1n) is 6.11. The third-order valence-corrected chi connectivity index (χ3v) is 2.48. The molecule has 0 aliphatic rings. The standard InChI is InChI=1S/C14H16N2O3/c1-11-9-13(19-16-11)7-8-15-14(17)10-18-12-5-3-2-4-6-12/h2-6,9H,7-8,10H2,1H3,(H,15,17). The van der Waals surface area contributed by atoms with Crippen LogP contribution < -0.4 is 10.1 Å². The Morgan fingerprint density at radius 3 is 2.84 bits per heavy atom. The molecule has 0 unspecified atom stereocenters. The average molecular weight is 260 g/mol. The summed E-state index contributed by atoms with van der Waals surface area (Å²) in [5.41, 5.74) is 0.841. The van der Waals surface area contributed by atoms with Gasteiger partial charge in [-0.3, -0.25) is 4.79 Å². The summed E-state index contributed by atoms with van der Waals surface area (Å²) in [4.78, 5) is 11.5. The van der Waals surface area contributed by atoms with Gasteiger partial charge < -0.3 is 14.6 Å². The lowest BCUT2D eigenvalue weighted by Gasteiger charge is -2.06. The first-order chi connectivity index (χ1) is 9.24. The van der Waals surface area contributed by atoms with Crippen LogP contribution in [0.15, 0.2) is 40.9 Å². The number of nitrogens with one attached hydrogen (secondary N) is 1. The zero-order valence-corrected chi connectivity index (χ0v) is 10.8. The predicted octanol–water partition coefficient (Wildman–Crippen LogP) is 1.72. The third-order valence-electron chi connectivity index (χ3n) is 2.48. The van der Waals surface area contributed by atoms with Gasteiger partial charge in [0.2, 0.25) is 0 Å². The summed E-state index contributed by atoms with van der Waals surface area (Å²) in [5.74, 6) is 1.30. The van der Waals surface area contributed by atoms with Gasteiger partial charge in [-0.1, -0.05) is 23.4 Å². The molecule has 0 radical (unpaired) electrons. The van der Waals surface area contributed by atoms with E-state index in [2.05, 4.69) is 10.5 Å². The molecule has 19 heavy (non-hydrogen) atoms. The molecule has 0 fully saturated rings. The summed E-state index contributed by atoms with van der Waals surface area (Å²) < 4.78 is 10.4. The zero-order valence-electron chi connectivity index (χ0n) is 10.8. The fraction of sp³-hybridized carbons (Fsp3) is 0.286. The maximum atomic E-state index is 11.5. The Balaban J connectivity index is 1.65. The number of rotatable bonds is 6. The fourth-order valence-corrected chi connectivity index (χ4v) is 1.58. The highest BCUT2D eigenvalue weighted by molar-refractivity contribution is 5.77. The molecule has 2 aromatic rings. The van der Waals surface area contributed by atoms with Crippen LogP contribution in [0.4, 0.5) is 0 Å². The monoisotopic (exact) mass is 260 g/mol. The molecule has 0 spiro atoms. The van der Waals surface area contributed by atoms with Crippen LogP contribution in [0.1, 0.15) is 11.5 Å². The van der Waals surface area contributed by atoms with Crippen molar-refractivity contribution in [3.8, 4) is 5.75 Å². The number of carbonyl (C=O) groups excluding carboxylic acids is 1. The Morgan fingerprint density at radius 1 is 1.37 bits per heavy atom. The molecule has 0 bridgehead atoms. The Labute approximate surface area is 111 Å². The second-order valence-corrected chi connectivity index (χ2v) is 4.14. The van der Waals surface area contributed by atoms with Gasteiger partial charge in [-0.15, -0.1) is 0 Å². The summed E-state index contributed by atoms with van der Waals surface area (Å²) in [6.07, 6.45) is 0.623. The number of hydrogen-bond donors (Lipinski definition) is 1. The van der Waals surface area contributed by atoms with Crippen LogP contribution in [0.25, 0.3) is 0 Å². The van der Waals surface area contributed by atoms with E-state index in [4.69, 9.17) is 9.26 Å². The highest BCUT2D eigenvalue weighted by atomic mass is 16.5. The van der Waals surface area contributed by atoms with Gasteiger partial charge in [0.25, 0.3) is 5.91 Å². The Kier molecular flexibility index (Phi) is 4.55. The van der Waals surface area contributed by atoms with E-state index in [-0.39, 0.29) is 12.5 Å². The van der Waals surface area contributed by atoms with Gasteiger partial charge in [0, 0.05) is 19.0 Å². The van der Waals surface area contributed by atoms with E-state index in [1.165, 1.54) is 0 Å². The quantitative estimate of drug-likeness (QED) is 0.859. The molecule has 1 N–H and O–H groups in total. The number of hydrogen-bond acceptors (Lipinski definition) is 4. The van der Waals surface area contributed by atoms with Crippen molar-refractivity contribution >= 4 is 5.91 Å². The van der Waals surface area contributed by atoms with E-state index in [1.807, 2.05) is 43.3 Å². The van der Waals surface area contributed by atoms with E-state index < -0.39 is 0 Å². The topological polar surface area (TPSA) is 64.4 Å². The van der Waals surface area contributed by atoms with Gasteiger partial charge in [0.1, 0.15) is 11.5 Å². The molecule has 1 aromatic heterocycles. The van der Waals surface area contributed by atoms with Gasteiger partial charge in [-0.2, -0.15) is 0 Å². The molecule has 2 rings (SSSR count). The van der Waals surface area contributed by atoms with E-state index in [0.29, 0.717) is 18.7 Å².